The molecule has 1 atom stereocenters. The van der Waals surface area contributed by atoms with E-state index in [1.54, 1.807) is 24.5 Å². The maximum absolute atomic E-state index is 13.4. The van der Waals surface area contributed by atoms with Crippen LogP contribution in [-0.4, -0.2) is 14.2 Å². The fourth-order valence-electron chi connectivity index (χ4n) is 1.91. The molecule has 0 aliphatic carbocycles. The zero-order valence-corrected chi connectivity index (χ0v) is 12.4. The lowest BCUT2D eigenvalue weighted by molar-refractivity contribution is 0.404. The molecule has 1 unspecified atom stereocenters. The van der Waals surface area contributed by atoms with Crippen LogP contribution in [0.4, 0.5) is 4.39 Å². The van der Waals surface area contributed by atoms with Crippen LogP contribution in [0.3, 0.4) is 0 Å². The number of methoxy groups -OCH3 is 1. The second-order valence-electron chi connectivity index (χ2n) is 3.79. The third-order valence-electron chi connectivity index (χ3n) is 2.71. The number of thiophene rings is 1. The maximum atomic E-state index is 13.4. The molecule has 0 saturated heterocycles. The number of benzene rings is 1. The van der Waals surface area contributed by atoms with Crippen LogP contribution in [0.15, 0.2) is 33.4 Å². The molecule has 0 bridgehead atoms. The van der Waals surface area contributed by atoms with Crippen molar-refractivity contribution in [1.82, 2.24) is 5.32 Å². The first-order valence-corrected chi connectivity index (χ1v) is 7.07. The third-order valence-corrected chi connectivity index (χ3v) is 4.24. The van der Waals surface area contributed by atoms with Crippen molar-refractivity contribution in [3.8, 4) is 5.75 Å². The third kappa shape index (κ3) is 2.74. The first-order chi connectivity index (χ1) is 8.65. The van der Waals surface area contributed by atoms with E-state index in [-0.39, 0.29) is 11.9 Å². The van der Waals surface area contributed by atoms with Crippen LogP contribution in [0, 0.1) is 5.82 Å². The first kappa shape index (κ1) is 13.5. The molecule has 0 saturated carbocycles. The van der Waals surface area contributed by atoms with E-state index in [9.17, 15) is 4.39 Å². The standard InChI is InChI=1S/C13H13BrFNOS/c1-16-13(8-5-12(14)18-7-8)10-6-9(15)3-4-11(10)17-2/h3-7,13,16H,1-2H3. The minimum Gasteiger partial charge on any atom is -0.496 e. The van der Waals surface area contributed by atoms with E-state index < -0.39 is 0 Å². The molecule has 1 aromatic heterocycles. The molecule has 0 radical (unpaired) electrons. The number of halogens is 2. The Morgan fingerprint density at radius 3 is 2.72 bits per heavy atom. The van der Waals surface area contributed by atoms with E-state index >= 15 is 0 Å². The number of nitrogens with one attached hydrogen (secondary N) is 1. The van der Waals surface area contributed by atoms with Crippen molar-refractivity contribution in [3.05, 3.63) is 50.4 Å². The van der Waals surface area contributed by atoms with Gasteiger partial charge in [-0.15, -0.1) is 11.3 Å². The van der Waals surface area contributed by atoms with Crippen LogP contribution in [0.1, 0.15) is 17.2 Å². The molecule has 0 aliphatic rings. The summed E-state index contributed by atoms with van der Waals surface area (Å²) in [5, 5.41) is 5.23. The van der Waals surface area contributed by atoms with Crippen LogP contribution in [0.5, 0.6) is 5.75 Å². The van der Waals surface area contributed by atoms with Crippen molar-refractivity contribution < 1.29 is 9.13 Å². The summed E-state index contributed by atoms with van der Waals surface area (Å²) in [5.74, 6) is 0.415. The zero-order valence-electron chi connectivity index (χ0n) is 10.0. The van der Waals surface area contributed by atoms with Crippen LogP contribution in [0.2, 0.25) is 0 Å². The van der Waals surface area contributed by atoms with E-state index in [0.29, 0.717) is 5.75 Å². The highest BCUT2D eigenvalue weighted by Crippen LogP contribution is 2.33. The minimum atomic E-state index is -0.264. The van der Waals surface area contributed by atoms with Gasteiger partial charge in [-0.25, -0.2) is 4.39 Å². The van der Waals surface area contributed by atoms with Crippen LogP contribution >= 0.6 is 27.3 Å². The molecule has 1 heterocycles. The summed E-state index contributed by atoms with van der Waals surface area (Å²) in [6.07, 6.45) is 0. The van der Waals surface area contributed by atoms with Gasteiger partial charge in [-0.3, -0.25) is 0 Å². The average Bonchev–Trinajstić information content (AvgIpc) is 2.77. The summed E-state index contributed by atoms with van der Waals surface area (Å²) in [7, 11) is 3.44. The van der Waals surface area contributed by atoms with Gasteiger partial charge in [0.2, 0.25) is 0 Å². The molecule has 0 aliphatic heterocycles. The van der Waals surface area contributed by atoms with Crippen molar-refractivity contribution in [1.29, 1.82) is 0 Å². The van der Waals surface area contributed by atoms with Crippen LogP contribution in [-0.2, 0) is 0 Å². The van der Waals surface area contributed by atoms with Gasteiger partial charge in [0.15, 0.2) is 0 Å². The summed E-state index contributed by atoms with van der Waals surface area (Å²) in [6, 6.07) is 6.50. The van der Waals surface area contributed by atoms with Crippen LogP contribution < -0.4 is 10.1 Å². The van der Waals surface area contributed by atoms with Crippen molar-refractivity contribution in [2.24, 2.45) is 0 Å². The predicted octanol–water partition coefficient (Wildman–Crippen LogP) is 3.97. The highest BCUT2D eigenvalue weighted by Gasteiger charge is 2.18. The van der Waals surface area contributed by atoms with Gasteiger partial charge in [0, 0.05) is 5.56 Å². The Kier molecular flexibility index (Phi) is 4.37. The van der Waals surface area contributed by atoms with E-state index in [0.717, 1.165) is 14.9 Å². The average molecular weight is 330 g/mol. The number of hydrogen-bond donors (Lipinski definition) is 1. The van der Waals surface area contributed by atoms with Crippen molar-refractivity contribution in [3.63, 3.8) is 0 Å². The first-order valence-electron chi connectivity index (χ1n) is 5.40. The quantitative estimate of drug-likeness (QED) is 0.916. The van der Waals surface area contributed by atoms with Crippen molar-refractivity contribution >= 4 is 27.3 Å². The highest BCUT2D eigenvalue weighted by molar-refractivity contribution is 9.11. The fraction of sp³-hybridized carbons (Fsp3) is 0.231. The summed E-state index contributed by atoms with van der Waals surface area (Å²) >= 11 is 5.04. The van der Waals surface area contributed by atoms with E-state index in [1.165, 1.54) is 12.1 Å². The monoisotopic (exact) mass is 329 g/mol. The van der Waals surface area contributed by atoms with Gasteiger partial charge in [-0.05, 0) is 58.2 Å². The summed E-state index contributed by atoms with van der Waals surface area (Å²) in [6.45, 7) is 0. The van der Waals surface area contributed by atoms with Gasteiger partial charge in [-0.1, -0.05) is 0 Å². The van der Waals surface area contributed by atoms with Crippen LogP contribution in [0.25, 0.3) is 0 Å². The highest BCUT2D eigenvalue weighted by atomic mass is 79.9. The Balaban J connectivity index is 2.47. The van der Waals surface area contributed by atoms with Gasteiger partial charge in [0.25, 0.3) is 0 Å². The predicted molar refractivity (Wildman–Crippen MR) is 75.9 cm³/mol. The molecule has 2 rings (SSSR count). The van der Waals surface area contributed by atoms with Crippen molar-refractivity contribution in [2.45, 2.75) is 6.04 Å². The molecule has 0 fully saturated rings. The van der Waals surface area contributed by atoms with E-state index in [4.69, 9.17) is 4.74 Å². The summed E-state index contributed by atoms with van der Waals surface area (Å²) in [4.78, 5) is 0. The molecule has 0 spiro atoms. The molecular weight excluding hydrogens is 317 g/mol. The molecule has 0 amide bonds. The second-order valence-corrected chi connectivity index (χ2v) is 6.08. The van der Waals surface area contributed by atoms with Gasteiger partial charge < -0.3 is 10.1 Å². The summed E-state index contributed by atoms with van der Waals surface area (Å²) in [5.41, 5.74) is 1.88. The van der Waals surface area contributed by atoms with Gasteiger partial charge in [0.05, 0.1) is 16.9 Å². The molecule has 5 heteroatoms. The minimum absolute atomic E-state index is 0.0850. The number of rotatable bonds is 4. The lowest BCUT2D eigenvalue weighted by atomic mass is 10.0. The smallest absolute Gasteiger partial charge is 0.124 e. The molecule has 1 aromatic carbocycles. The van der Waals surface area contributed by atoms with Crippen molar-refractivity contribution in [2.75, 3.05) is 14.2 Å². The Hall–Kier alpha value is -0.910. The lowest BCUT2D eigenvalue weighted by Crippen LogP contribution is -2.18. The topological polar surface area (TPSA) is 21.3 Å². The Labute approximate surface area is 118 Å². The molecule has 2 aromatic rings. The maximum Gasteiger partial charge on any atom is 0.124 e. The SMILES string of the molecule is CNC(c1csc(Br)c1)c1cc(F)ccc1OC. The number of hydrogen-bond acceptors (Lipinski definition) is 3. The molecule has 2 nitrogen and oxygen atoms in total. The van der Waals surface area contributed by atoms with E-state index in [2.05, 4.69) is 21.2 Å². The Bertz CT molecular complexity index is 544. The van der Waals surface area contributed by atoms with Gasteiger partial charge in [0.1, 0.15) is 11.6 Å². The Morgan fingerprint density at radius 1 is 1.39 bits per heavy atom. The van der Waals surface area contributed by atoms with Gasteiger partial charge in [-0.2, -0.15) is 0 Å². The normalized spacial score (nSPS) is 12.4. The number of ether oxygens (including phenoxy) is 1. The fourth-order valence-corrected chi connectivity index (χ4v) is 3.11. The molecular formula is C13H13BrFNOS. The van der Waals surface area contributed by atoms with E-state index in [1.807, 2.05) is 18.5 Å². The molecule has 96 valence electrons. The molecule has 18 heavy (non-hydrogen) atoms. The second kappa shape index (κ2) is 5.82. The Morgan fingerprint density at radius 2 is 2.17 bits per heavy atom. The lowest BCUT2D eigenvalue weighted by Gasteiger charge is -2.18. The van der Waals surface area contributed by atoms with Gasteiger partial charge >= 0.3 is 0 Å². The zero-order chi connectivity index (χ0) is 13.1. The summed E-state index contributed by atoms with van der Waals surface area (Å²) < 4.78 is 19.8. The molecule has 1 N–H and O–H groups in total. The largest absolute Gasteiger partial charge is 0.496 e.